The quantitative estimate of drug-likeness (QED) is 0.493. The van der Waals surface area contributed by atoms with Crippen LogP contribution in [0.25, 0.3) is 0 Å². The van der Waals surface area contributed by atoms with Gasteiger partial charge in [-0.25, -0.2) is 13.2 Å². The van der Waals surface area contributed by atoms with Gasteiger partial charge in [0.1, 0.15) is 18.2 Å². The first kappa shape index (κ1) is 12.4. The molecule has 0 bridgehead atoms. The van der Waals surface area contributed by atoms with Crippen LogP contribution in [0.2, 0.25) is 0 Å². The second kappa shape index (κ2) is 5.39. The van der Waals surface area contributed by atoms with E-state index in [1.165, 1.54) is 13.0 Å². The summed E-state index contributed by atoms with van der Waals surface area (Å²) in [6, 6.07) is 3.39. The van der Waals surface area contributed by atoms with E-state index in [2.05, 4.69) is 5.16 Å². The van der Waals surface area contributed by atoms with Crippen LogP contribution in [0.5, 0.6) is 5.75 Å². The summed E-state index contributed by atoms with van der Waals surface area (Å²) in [5, 5.41) is 11.5. The Morgan fingerprint density at radius 1 is 1.50 bits per heavy atom. The summed E-state index contributed by atoms with van der Waals surface area (Å²) in [6.45, 7) is 0.609. The molecule has 0 amide bonds. The molecule has 1 aromatic rings. The fourth-order valence-corrected chi connectivity index (χ4v) is 1.12. The van der Waals surface area contributed by atoms with Gasteiger partial charge in [-0.3, -0.25) is 0 Å². The van der Waals surface area contributed by atoms with Gasteiger partial charge in [-0.05, 0) is 19.1 Å². The molecule has 1 N–H and O–H groups in total. The Labute approximate surface area is 90.1 Å². The van der Waals surface area contributed by atoms with Crippen molar-refractivity contribution >= 4 is 5.71 Å². The van der Waals surface area contributed by atoms with Gasteiger partial charge >= 0.3 is 0 Å². The Morgan fingerprint density at radius 3 is 2.75 bits per heavy atom. The lowest BCUT2D eigenvalue weighted by atomic mass is 10.1. The fraction of sp³-hybridized carbons (Fsp3) is 0.300. The Balaban J connectivity index is 2.99. The van der Waals surface area contributed by atoms with Gasteiger partial charge in [-0.2, -0.15) is 0 Å². The van der Waals surface area contributed by atoms with Crippen molar-refractivity contribution in [3.8, 4) is 5.75 Å². The van der Waals surface area contributed by atoms with Crippen molar-refractivity contribution in [1.29, 1.82) is 0 Å². The zero-order valence-electron chi connectivity index (χ0n) is 8.45. The van der Waals surface area contributed by atoms with Crippen molar-refractivity contribution in [2.45, 2.75) is 13.3 Å². The molecule has 0 fully saturated rings. The lowest BCUT2D eigenvalue weighted by Crippen LogP contribution is -2.10. The van der Waals surface area contributed by atoms with Crippen LogP contribution in [0.4, 0.5) is 13.2 Å². The number of benzene rings is 1. The summed E-state index contributed by atoms with van der Waals surface area (Å²) in [7, 11) is 0. The third-order valence-electron chi connectivity index (χ3n) is 1.85. The van der Waals surface area contributed by atoms with Crippen LogP contribution in [0.3, 0.4) is 0 Å². The van der Waals surface area contributed by atoms with Gasteiger partial charge in [0.15, 0.2) is 0 Å². The lowest BCUT2D eigenvalue weighted by molar-refractivity contribution is 0.0816. The molecule has 0 spiro atoms. The molecule has 1 aromatic carbocycles. The van der Waals surface area contributed by atoms with Crippen LogP contribution in [0.1, 0.15) is 12.5 Å². The first-order valence-corrected chi connectivity index (χ1v) is 4.44. The van der Waals surface area contributed by atoms with E-state index in [4.69, 9.17) is 9.94 Å². The Bertz CT molecular complexity index is 394. The van der Waals surface area contributed by atoms with Crippen LogP contribution in [0.15, 0.2) is 23.4 Å². The minimum atomic E-state index is -2.65. The highest BCUT2D eigenvalue weighted by molar-refractivity contribution is 6.00. The van der Waals surface area contributed by atoms with Crippen molar-refractivity contribution in [1.82, 2.24) is 0 Å². The zero-order chi connectivity index (χ0) is 12.1. The molecule has 16 heavy (non-hydrogen) atoms. The number of alkyl halides is 2. The molecule has 0 aliphatic heterocycles. The van der Waals surface area contributed by atoms with E-state index in [1.807, 2.05) is 0 Å². The summed E-state index contributed by atoms with van der Waals surface area (Å²) >= 11 is 0. The van der Waals surface area contributed by atoms with Gasteiger partial charge in [0.25, 0.3) is 6.43 Å². The Hall–Kier alpha value is -1.72. The Kier molecular flexibility index (Phi) is 4.16. The maximum absolute atomic E-state index is 12.9. The van der Waals surface area contributed by atoms with E-state index in [0.29, 0.717) is 0 Å². The molecule has 1 rings (SSSR count). The Morgan fingerprint density at radius 2 is 2.19 bits per heavy atom. The SMILES string of the molecule is CC(=NO)c1ccc(F)cc1OCC(F)F. The standard InChI is InChI=1S/C10H10F3NO2/c1-6(14-15)8-3-2-7(11)4-9(8)16-5-10(12)13/h2-4,10,15H,5H2,1H3. The molecule has 0 heterocycles. The minimum absolute atomic E-state index is 0.0735. The third kappa shape index (κ3) is 3.15. The number of ether oxygens (including phenoxy) is 1. The smallest absolute Gasteiger partial charge is 0.272 e. The number of nitrogens with zero attached hydrogens (tertiary/aromatic N) is 1. The maximum atomic E-state index is 12.9. The molecule has 3 nitrogen and oxygen atoms in total. The summed E-state index contributed by atoms with van der Waals surface area (Å²) in [6.07, 6.45) is -2.65. The van der Waals surface area contributed by atoms with E-state index >= 15 is 0 Å². The first-order chi connectivity index (χ1) is 7.54. The predicted molar refractivity (Wildman–Crippen MR) is 51.9 cm³/mol. The van der Waals surface area contributed by atoms with E-state index in [-0.39, 0.29) is 17.0 Å². The van der Waals surface area contributed by atoms with Gasteiger partial charge in [-0.15, -0.1) is 0 Å². The molecule has 0 saturated carbocycles. The van der Waals surface area contributed by atoms with Gasteiger partial charge in [-0.1, -0.05) is 5.16 Å². The largest absolute Gasteiger partial charge is 0.487 e. The van der Waals surface area contributed by atoms with Gasteiger partial charge < -0.3 is 9.94 Å². The van der Waals surface area contributed by atoms with Crippen LogP contribution in [-0.2, 0) is 0 Å². The van der Waals surface area contributed by atoms with Crippen LogP contribution < -0.4 is 4.74 Å². The summed E-state index contributed by atoms with van der Waals surface area (Å²) in [4.78, 5) is 0. The highest BCUT2D eigenvalue weighted by Crippen LogP contribution is 2.21. The predicted octanol–water partition coefficient (Wildman–Crippen LogP) is 2.67. The van der Waals surface area contributed by atoms with Crippen molar-refractivity contribution in [2.24, 2.45) is 5.16 Å². The summed E-state index contributed by atoms with van der Waals surface area (Å²) < 4.78 is 41.5. The normalized spacial score (nSPS) is 11.9. The van der Waals surface area contributed by atoms with Gasteiger partial charge in [0.05, 0.1) is 5.71 Å². The number of rotatable bonds is 4. The number of hydrogen-bond acceptors (Lipinski definition) is 3. The molecular formula is C10H10F3NO2. The molecule has 0 unspecified atom stereocenters. The molecule has 0 aliphatic rings. The topological polar surface area (TPSA) is 41.8 Å². The fourth-order valence-electron chi connectivity index (χ4n) is 1.12. The van der Waals surface area contributed by atoms with Gasteiger partial charge in [0, 0.05) is 11.6 Å². The molecule has 0 saturated heterocycles. The second-order valence-corrected chi connectivity index (χ2v) is 3.03. The molecule has 0 radical (unpaired) electrons. The van der Waals surface area contributed by atoms with E-state index in [0.717, 1.165) is 12.1 Å². The van der Waals surface area contributed by atoms with Crippen molar-refractivity contribution in [2.75, 3.05) is 6.61 Å². The average Bonchev–Trinajstić information content (AvgIpc) is 2.25. The van der Waals surface area contributed by atoms with E-state index < -0.39 is 18.8 Å². The molecule has 0 aromatic heterocycles. The third-order valence-corrected chi connectivity index (χ3v) is 1.85. The van der Waals surface area contributed by atoms with Crippen LogP contribution in [-0.4, -0.2) is 24.0 Å². The van der Waals surface area contributed by atoms with Gasteiger partial charge in [0.2, 0.25) is 0 Å². The highest BCUT2D eigenvalue weighted by atomic mass is 19.3. The van der Waals surface area contributed by atoms with Crippen molar-refractivity contribution in [3.63, 3.8) is 0 Å². The maximum Gasteiger partial charge on any atom is 0.272 e. The van der Waals surface area contributed by atoms with Crippen molar-refractivity contribution in [3.05, 3.63) is 29.6 Å². The molecule has 0 atom stereocenters. The minimum Gasteiger partial charge on any atom is -0.487 e. The molecule has 0 aliphatic carbocycles. The second-order valence-electron chi connectivity index (χ2n) is 3.03. The number of oxime groups is 1. The number of hydrogen-bond donors (Lipinski definition) is 1. The molecule has 88 valence electrons. The zero-order valence-corrected chi connectivity index (χ0v) is 8.45. The first-order valence-electron chi connectivity index (χ1n) is 4.44. The summed E-state index contributed by atoms with van der Waals surface area (Å²) in [5.41, 5.74) is 0.425. The molecule has 6 heteroatoms. The lowest BCUT2D eigenvalue weighted by Gasteiger charge is -2.10. The summed E-state index contributed by atoms with van der Waals surface area (Å²) in [5.74, 6) is -0.686. The highest BCUT2D eigenvalue weighted by Gasteiger charge is 2.11. The van der Waals surface area contributed by atoms with Crippen molar-refractivity contribution < 1.29 is 23.1 Å². The monoisotopic (exact) mass is 233 g/mol. The van der Waals surface area contributed by atoms with E-state index in [9.17, 15) is 13.2 Å². The average molecular weight is 233 g/mol. The number of halogens is 3. The van der Waals surface area contributed by atoms with E-state index in [1.54, 1.807) is 0 Å². The van der Waals surface area contributed by atoms with Crippen LogP contribution >= 0.6 is 0 Å². The van der Waals surface area contributed by atoms with Crippen LogP contribution in [0, 0.1) is 5.82 Å². The molecular weight excluding hydrogens is 223 g/mol.